The maximum Gasteiger partial charge on any atom is 0.107 e. The van der Waals surface area contributed by atoms with Crippen LogP contribution in [0.2, 0.25) is 10.0 Å². The van der Waals surface area contributed by atoms with Crippen LogP contribution >= 0.6 is 35.4 Å². The third-order valence-corrected chi connectivity index (χ3v) is 3.48. The molecule has 2 aromatic carbocycles. The van der Waals surface area contributed by atoms with Gasteiger partial charge in [-0.2, -0.15) is 0 Å². The highest BCUT2D eigenvalue weighted by molar-refractivity contribution is 7.80. The Hall–Kier alpha value is -1.29. The topological polar surface area (TPSA) is 38.0 Å². The number of halogens is 2. The molecule has 0 saturated heterocycles. The number of aryl methyl sites for hydroxylation is 1. The number of hydrogen-bond acceptors (Lipinski definition) is 2. The average Bonchev–Trinajstić information content (AvgIpc) is 2.33. The van der Waals surface area contributed by atoms with Gasteiger partial charge in [0, 0.05) is 10.7 Å². The number of rotatable bonds is 3. The zero-order valence-electron chi connectivity index (χ0n) is 10.2. The smallest absolute Gasteiger partial charge is 0.107 e. The van der Waals surface area contributed by atoms with Crippen LogP contribution in [-0.2, 0) is 0 Å². The van der Waals surface area contributed by atoms with E-state index in [1.165, 1.54) is 0 Å². The number of hydrogen-bond donors (Lipinski definition) is 2. The number of thiocarbonyl (C=S) groups is 1. The van der Waals surface area contributed by atoms with Crippen LogP contribution in [0.1, 0.15) is 11.1 Å². The molecule has 0 radical (unpaired) electrons. The Bertz CT molecular complexity index is 641. The van der Waals surface area contributed by atoms with Crippen LogP contribution in [0.25, 0.3) is 0 Å². The van der Waals surface area contributed by atoms with Crippen molar-refractivity contribution >= 4 is 51.8 Å². The average molecular weight is 311 g/mol. The normalized spacial score (nSPS) is 10.3. The minimum absolute atomic E-state index is 0.257. The van der Waals surface area contributed by atoms with E-state index in [1.54, 1.807) is 6.07 Å². The summed E-state index contributed by atoms with van der Waals surface area (Å²) in [7, 11) is 0. The van der Waals surface area contributed by atoms with Gasteiger partial charge in [0.2, 0.25) is 0 Å². The first-order valence-electron chi connectivity index (χ1n) is 5.60. The van der Waals surface area contributed by atoms with Gasteiger partial charge in [0.1, 0.15) is 4.99 Å². The van der Waals surface area contributed by atoms with E-state index < -0.39 is 0 Å². The summed E-state index contributed by atoms with van der Waals surface area (Å²) in [5, 5.41) is 4.45. The van der Waals surface area contributed by atoms with Gasteiger partial charge in [-0.25, -0.2) is 0 Å². The van der Waals surface area contributed by atoms with Gasteiger partial charge < -0.3 is 11.1 Å². The van der Waals surface area contributed by atoms with Gasteiger partial charge in [0.05, 0.1) is 16.3 Å². The lowest BCUT2D eigenvalue weighted by Gasteiger charge is -2.14. The van der Waals surface area contributed by atoms with Gasteiger partial charge in [-0.3, -0.25) is 0 Å². The standard InChI is InChI=1S/C14H12Cl2N2S/c1-8-5-6-9(15)7-12(8)18-11-4-2-3-10(16)13(11)14(17)19/h2-7,18H,1H3,(H2,17,19). The molecule has 0 fully saturated rings. The van der Waals surface area contributed by atoms with E-state index in [0.717, 1.165) is 16.9 Å². The SMILES string of the molecule is Cc1ccc(Cl)cc1Nc1cccc(Cl)c1C(N)=S. The van der Waals surface area contributed by atoms with Crippen LogP contribution in [0.15, 0.2) is 36.4 Å². The second-order valence-electron chi connectivity index (χ2n) is 4.11. The molecular weight excluding hydrogens is 299 g/mol. The summed E-state index contributed by atoms with van der Waals surface area (Å²) >= 11 is 17.2. The lowest BCUT2D eigenvalue weighted by molar-refractivity contribution is 1.42. The second kappa shape index (κ2) is 5.78. The Labute approximate surface area is 127 Å². The van der Waals surface area contributed by atoms with Crippen molar-refractivity contribution < 1.29 is 0 Å². The minimum Gasteiger partial charge on any atom is -0.389 e. The lowest BCUT2D eigenvalue weighted by atomic mass is 10.1. The number of nitrogens with one attached hydrogen (secondary N) is 1. The summed E-state index contributed by atoms with van der Waals surface area (Å²) in [5.41, 5.74) is 9.09. The van der Waals surface area contributed by atoms with E-state index in [4.69, 9.17) is 41.2 Å². The molecule has 0 aliphatic rings. The number of anilines is 2. The molecule has 0 spiro atoms. The Morgan fingerprint density at radius 3 is 2.58 bits per heavy atom. The van der Waals surface area contributed by atoms with Crippen LogP contribution in [0, 0.1) is 6.92 Å². The molecule has 0 aliphatic heterocycles. The summed E-state index contributed by atoms with van der Waals surface area (Å²) in [6, 6.07) is 11.1. The van der Waals surface area contributed by atoms with Crippen LogP contribution < -0.4 is 11.1 Å². The molecular formula is C14H12Cl2N2S. The van der Waals surface area contributed by atoms with E-state index in [2.05, 4.69) is 5.32 Å². The maximum atomic E-state index is 6.13. The first kappa shape index (κ1) is 14.1. The molecule has 0 heterocycles. The summed E-state index contributed by atoms with van der Waals surface area (Å²) in [6.45, 7) is 1.99. The molecule has 0 unspecified atom stereocenters. The Balaban J connectivity index is 2.46. The molecule has 19 heavy (non-hydrogen) atoms. The molecule has 0 amide bonds. The highest BCUT2D eigenvalue weighted by atomic mass is 35.5. The highest BCUT2D eigenvalue weighted by Crippen LogP contribution is 2.29. The zero-order chi connectivity index (χ0) is 14.0. The predicted octanol–water partition coefficient (Wildman–Crippen LogP) is 4.68. The fourth-order valence-electron chi connectivity index (χ4n) is 1.75. The molecule has 0 saturated carbocycles. The Morgan fingerprint density at radius 2 is 1.89 bits per heavy atom. The molecule has 2 aromatic rings. The van der Waals surface area contributed by atoms with Crippen molar-refractivity contribution in [2.45, 2.75) is 6.92 Å². The number of nitrogens with two attached hydrogens (primary N) is 1. The monoisotopic (exact) mass is 310 g/mol. The first-order valence-corrected chi connectivity index (χ1v) is 6.77. The maximum absolute atomic E-state index is 6.13. The van der Waals surface area contributed by atoms with Crippen molar-refractivity contribution in [1.29, 1.82) is 0 Å². The molecule has 98 valence electrons. The van der Waals surface area contributed by atoms with Gasteiger partial charge in [-0.05, 0) is 36.8 Å². The van der Waals surface area contributed by atoms with Gasteiger partial charge in [-0.1, -0.05) is 47.6 Å². The van der Waals surface area contributed by atoms with Crippen molar-refractivity contribution in [3.05, 3.63) is 57.6 Å². The minimum atomic E-state index is 0.257. The van der Waals surface area contributed by atoms with Crippen molar-refractivity contribution in [3.63, 3.8) is 0 Å². The zero-order valence-corrected chi connectivity index (χ0v) is 12.5. The number of benzene rings is 2. The van der Waals surface area contributed by atoms with Crippen molar-refractivity contribution in [1.82, 2.24) is 0 Å². The van der Waals surface area contributed by atoms with Gasteiger partial charge >= 0.3 is 0 Å². The molecule has 5 heteroatoms. The van der Waals surface area contributed by atoms with E-state index >= 15 is 0 Å². The van der Waals surface area contributed by atoms with Crippen LogP contribution in [0.4, 0.5) is 11.4 Å². The van der Waals surface area contributed by atoms with E-state index in [9.17, 15) is 0 Å². The summed E-state index contributed by atoms with van der Waals surface area (Å²) in [4.78, 5) is 0.257. The quantitative estimate of drug-likeness (QED) is 0.808. The summed E-state index contributed by atoms with van der Waals surface area (Å²) in [6.07, 6.45) is 0. The van der Waals surface area contributed by atoms with Crippen LogP contribution in [0.5, 0.6) is 0 Å². The third-order valence-electron chi connectivity index (χ3n) is 2.73. The molecule has 0 atom stereocenters. The Kier molecular flexibility index (Phi) is 4.30. The first-order chi connectivity index (χ1) is 8.99. The Morgan fingerprint density at radius 1 is 1.16 bits per heavy atom. The van der Waals surface area contributed by atoms with E-state index in [0.29, 0.717) is 15.6 Å². The molecule has 2 nitrogen and oxygen atoms in total. The third kappa shape index (κ3) is 3.18. The predicted molar refractivity (Wildman–Crippen MR) is 86.8 cm³/mol. The molecule has 0 aromatic heterocycles. The lowest BCUT2D eigenvalue weighted by Crippen LogP contribution is -2.12. The van der Waals surface area contributed by atoms with Crippen LogP contribution in [0.3, 0.4) is 0 Å². The molecule has 2 rings (SSSR count). The highest BCUT2D eigenvalue weighted by Gasteiger charge is 2.10. The van der Waals surface area contributed by atoms with Crippen LogP contribution in [-0.4, -0.2) is 4.99 Å². The molecule has 0 aliphatic carbocycles. The molecule has 3 N–H and O–H groups in total. The van der Waals surface area contributed by atoms with Crippen molar-refractivity contribution in [3.8, 4) is 0 Å². The van der Waals surface area contributed by atoms with Crippen molar-refractivity contribution in [2.24, 2.45) is 5.73 Å². The van der Waals surface area contributed by atoms with E-state index in [1.807, 2.05) is 37.3 Å². The second-order valence-corrected chi connectivity index (χ2v) is 5.39. The fraction of sp³-hybridized carbons (Fsp3) is 0.0714. The van der Waals surface area contributed by atoms with Gasteiger partial charge in [0.15, 0.2) is 0 Å². The summed E-state index contributed by atoms with van der Waals surface area (Å²) in [5.74, 6) is 0. The largest absolute Gasteiger partial charge is 0.389 e. The van der Waals surface area contributed by atoms with Gasteiger partial charge in [0.25, 0.3) is 0 Å². The van der Waals surface area contributed by atoms with Crippen molar-refractivity contribution in [2.75, 3.05) is 5.32 Å². The fourth-order valence-corrected chi connectivity index (χ4v) is 2.48. The summed E-state index contributed by atoms with van der Waals surface area (Å²) < 4.78 is 0. The van der Waals surface area contributed by atoms with E-state index in [-0.39, 0.29) is 4.99 Å². The molecule has 0 bridgehead atoms. The van der Waals surface area contributed by atoms with Gasteiger partial charge in [-0.15, -0.1) is 0 Å².